The van der Waals surface area contributed by atoms with Gasteiger partial charge in [-0.25, -0.2) is 4.98 Å². The van der Waals surface area contributed by atoms with E-state index in [2.05, 4.69) is 36.7 Å². The van der Waals surface area contributed by atoms with Crippen molar-refractivity contribution in [1.82, 2.24) is 19.5 Å². The first kappa shape index (κ1) is 20.0. The summed E-state index contributed by atoms with van der Waals surface area (Å²) in [5.41, 5.74) is 6.40. The third-order valence-electron chi connectivity index (χ3n) is 5.88. The molecule has 0 radical (unpaired) electrons. The molecule has 1 aliphatic carbocycles. The molecule has 0 atom stereocenters. The molecule has 6 nitrogen and oxygen atoms in total. The second-order valence-corrected chi connectivity index (χ2v) is 8.72. The molecule has 0 aromatic carbocycles. The van der Waals surface area contributed by atoms with Crippen molar-refractivity contribution in [3.8, 4) is 11.3 Å². The first-order valence-corrected chi connectivity index (χ1v) is 10.7. The smallest absolute Gasteiger partial charge is 0.227 e. The molecule has 0 aliphatic heterocycles. The molecule has 1 saturated carbocycles. The first-order chi connectivity index (χ1) is 13.9. The van der Waals surface area contributed by atoms with Crippen LogP contribution in [0.4, 0.5) is 5.82 Å². The normalized spacial score (nSPS) is 14.3. The Morgan fingerprint density at radius 2 is 1.97 bits per heavy atom. The van der Waals surface area contributed by atoms with E-state index in [1.807, 2.05) is 36.6 Å². The van der Waals surface area contributed by atoms with Gasteiger partial charge in [-0.15, -0.1) is 0 Å². The number of nitrogens with zero attached hydrogens (tertiary/aromatic N) is 5. The summed E-state index contributed by atoms with van der Waals surface area (Å²) in [5, 5.41) is 4.87. The van der Waals surface area contributed by atoms with Crippen LogP contribution in [0.1, 0.15) is 48.8 Å². The minimum Gasteiger partial charge on any atom is -0.441 e. The molecule has 0 saturated heterocycles. The minimum absolute atomic E-state index is 0.878. The van der Waals surface area contributed by atoms with Gasteiger partial charge in [0.15, 0.2) is 0 Å². The third kappa shape index (κ3) is 3.90. The van der Waals surface area contributed by atoms with Crippen LogP contribution in [0.3, 0.4) is 0 Å². The van der Waals surface area contributed by atoms with Crippen LogP contribution in [0, 0.1) is 26.7 Å². The Hall–Kier alpha value is -2.34. The molecular weight excluding hydrogens is 362 g/mol. The lowest BCUT2D eigenvalue weighted by atomic mass is 10.1. The molecule has 29 heavy (non-hydrogen) atoms. The fraction of sp³-hybridized carbons (Fsp3) is 0.565. The molecule has 1 aliphatic rings. The zero-order valence-electron chi connectivity index (χ0n) is 18.6. The zero-order chi connectivity index (χ0) is 20.7. The number of anilines is 1. The molecule has 0 bridgehead atoms. The van der Waals surface area contributed by atoms with Crippen molar-refractivity contribution < 1.29 is 4.42 Å². The quantitative estimate of drug-likeness (QED) is 0.558. The number of rotatable bonds is 8. The van der Waals surface area contributed by atoms with Gasteiger partial charge in [-0.3, -0.25) is 4.90 Å². The molecule has 4 rings (SSSR count). The summed E-state index contributed by atoms with van der Waals surface area (Å²) < 4.78 is 8.26. The Morgan fingerprint density at radius 1 is 1.21 bits per heavy atom. The van der Waals surface area contributed by atoms with Crippen LogP contribution in [0.25, 0.3) is 17.0 Å². The van der Waals surface area contributed by atoms with Gasteiger partial charge in [-0.2, -0.15) is 9.61 Å². The fourth-order valence-electron chi connectivity index (χ4n) is 4.10. The van der Waals surface area contributed by atoms with Crippen molar-refractivity contribution in [2.24, 2.45) is 5.92 Å². The summed E-state index contributed by atoms with van der Waals surface area (Å²) in [5.74, 6) is 2.72. The van der Waals surface area contributed by atoms with Gasteiger partial charge in [0, 0.05) is 38.9 Å². The maximum Gasteiger partial charge on any atom is 0.227 e. The summed E-state index contributed by atoms with van der Waals surface area (Å²) >= 11 is 0. The first-order valence-electron chi connectivity index (χ1n) is 10.7. The molecule has 156 valence electrons. The maximum absolute atomic E-state index is 6.27. The van der Waals surface area contributed by atoms with E-state index < -0.39 is 0 Å². The molecule has 1 fully saturated rings. The molecule has 3 heterocycles. The van der Waals surface area contributed by atoms with E-state index in [0.717, 1.165) is 53.3 Å². The average molecular weight is 396 g/mol. The Labute approximate surface area is 173 Å². The summed E-state index contributed by atoms with van der Waals surface area (Å²) in [7, 11) is 4.02. The number of aryl methyl sites for hydroxylation is 3. The Kier molecular flexibility index (Phi) is 5.38. The van der Waals surface area contributed by atoms with E-state index in [9.17, 15) is 0 Å². The van der Waals surface area contributed by atoms with Crippen molar-refractivity contribution >= 4 is 11.5 Å². The van der Waals surface area contributed by atoms with Gasteiger partial charge in [-0.05, 0) is 64.1 Å². The second kappa shape index (κ2) is 7.82. The van der Waals surface area contributed by atoms with Crippen LogP contribution in [-0.4, -0.2) is 46.7 Å². The van der Waals surface area contributed by atoms with E-state index in [0.29, 0.717) is 0 Å². The van der Waals surface area contributed by atoms with Gasteiger partial charge in [0.1, 0.15) is 17.3 Å². The summed E-state index contributed by atoms with van der Waals surface area (Å²) in [6, 6.07) is 2.11. The van der Waals surface area contributed by atoms with Gasteiger partial charge in [0.25, 0.3) is 0 Å². The highest BCUT2D eigenvalue weighted by Crippen LogP contribution is 2.34. The Bertz CT molecular complexity index is 1010. The van der Waals surface area contributed by atoms with Crippen molar-refractivity contribution in [3.63, 3.8) is 0 Å². The van der Waals surface area contributed by atoms with Gasteiger partial charge in [0.05, 0.1) is 11.3 Å². The van der Waals surface area contributed by atoms with E-state index in [-0.39, 0.29) is 0 Å². The van der Waals surface area contributed by atoms with Gasteiger partial charge in [-0.1, -0.05) is 6.92 Å². The fourth-order valence-corrected chi connectivity index (χ4v) is 4.10. The Morgan fingerprint density at radius 3 is 2.59 bits per heavy atom. The summed E-state index contributed by atoms with van der Waals surface area (Å²) in [6.07, 6.45) is 5.86. The van der Waals surface area contributed by atoms with E-state index in [4.69, 9.17) is 9.52 Å². The predicted molar refractivity (Wildman–Crippen MR) is 118 cm³/mol. The van der Waals surface area contributed by atoms with Crippen LogP contribution in [-0.2, 0) is 6.54 Å². The lowest BCUT2D eigenvalue weighted by molar-refractivity contribution is 0.254. The number of hydrogen-bond donors (Lipinski definition) is 0. The average Bonchev–Trinajstić information content (AvgIpc) is 3.36. The largest absolute Gasteiger partial charge is 0.441 e. The molecule has 0 unspecified atom stereocenters. The Balaban J connectivity index is 1.72. The zero-order valence-corrected chi connectivity index (χ0v) is 18.6. The number of pyridine rings is 1. The van der Waals surface area contributed by atoms with Gasteiger partial charge in [0.2, 0.25) is 5.71 Å². The van der Waals surface area contributed by atoms with E-state index in [1.165, 1.54) is 36.9 Å². The van der Waals surface area contributed by atoms with Crippen LogP contribution < -0.4 is 4.90 Å². The highest BCUT2D eigenvalue weighted by atomic mass is 16.4. The maximum atomic E-state index is 6.27. The van der Waals surface area contributed by atoms with Crippen LogP contribution in [0.15, 0.2) is 16.7 Å². The standard InChI is InChI=1S/C23H33N5O/c1-7-10-27(13-18-8-9-18)14-20-16(3)25-28-22(17(4)29-23(20)28)19-12-24-21(26(5)6)11-15(19)2/h11-12,18H,7-10,13-14H2,1-6H3. The van der Waals surface area contributed by atoms with Crippen molar-refractivity contribution in [1.29, 1.82) is 0 Å². The van der Waals surface area contributed by atoms with Crippen LogP contribution in [0.2, 0.25) is 0 Å². The molecule has 0 spiro atoms. The lowest BCUT2D eigenvalue weighted by Crippen LogP contribution is -2.26. The van der Waals surface area contributed by atoms with Crippen LogP contribution >= 0.6 is 0 Å². The highest BCUT2D eigenvalue weighted by Gasteiger charge is 2.27. The molecular formula is C23H33N5O. The number of oxazole rings is 1. The lowest BCUT2D eigenvalue weighted by Gasteiger charge is -2.20. The van der Waals surface area contributed by atoms with Crippen molar-refractivity contribution in [3.05, 3.63) is 34.8 Å². The second-order valence-electron chi connectivity index (χ2n) is 8.72. The van der Waals surface area contributed by atoms with Gasteiger partial charge >= 0.3 is 0 Å². The predicted octanol–water partition coefficient (Wildman–Crippen LogP) is 4.60. The third-order valence-corrected chi connectivity index (χ3v) is 5.88. The highest BCUT2D eigenvalue weighted by molar-refractivity contribution is 5.70. The van der Waals surface area contributed by atoms with Crippen LogP contribution in [0.5, 0.6) is 0 Å². The molecule has 0 N–H and O–H groups in total. The minimum atomic E-state index is 0.878. The molecule has 6 heteroatoms. The number of aromatic nitrogens is 3. The summed E-state index contributed by atoms with van der Waals surface area (Å²) in [6.45, 7) is 11.7. The van der Waals surface area contributed by atoms with E-state index >= 15 is 0 Å². The van der Waals surface area contributed by atoms with Crippen molar-refractivity contribution in [2.75, 3.05) is 32.1 Å². The molecule has 3 aromatic heterocycles. The monoisotopic (exact) mass is 395 g/mol. The molecule has 0 amide bonds. The summed E-state index contributed by atoms with van der Waals surface area (Å²) in [4.78, 5) is 9.21. The van der Waals surface area contributed by atoms with Gasteiger partial charge < -0.3 is 9.32 Å². The topological polar surface area (TPSA) is 49.8 Å². The SMILES string of the molecule is CCCN(Cc1c(C)nn2c(-c3cnc(N(C)C)cc3C)c(C)oc12)CC1CC1. The van der Waals surface area contributed by atoms with E-state index in [1.54, 1.807) is 0 Å². The molecule has 3 aromatic rings. The number of fused-ring (bicyclic) bond motifs is 1. The van der Waals surface area contributed by atoms with Crippen molar-refractivity contribution in [2.45, 2.75) is 53.5 Å². The number of hydrogen-bond acceptors (Lipinski definition) is 5.